The predicted octanol–water partition coefficient (Wildman–Crippen LogP) is 3.17. The molecule has 0 aromatic heterocycles. The highest BCUT2D eigenvalue weighted by atomic mass is 35.5. The van der Waals surface area contributed by atoms with E-state index in [9.17, 15) is 10.2 Å². The molecule has 0 aliphatic rings. The second kappa shape index (κ2) is 6.24. The van der Waals surface area contributed by atoms with Gasteiger partial charge in [-0.3, -0.25) is 0 Å². The lowest BCUT2D eigenvalue weighted by molar-refractivity contribution is -0.0209. The predicted molar refractivity (Wildman–Crippen MR) is 66.5 cm³/mol. The lowest BCUT2D eigenvalue weighted by Gasteiger charge is -2.25. The number of aliphatic hydroxyl groups is 2. The molecule has 2 N–H and O–H groups in total. The SMILES string of the molecule is CCC(CC)C(O)C(O)c1ccccc1Cl. The molecular weight excluding hydrogens is 224 g/mol. The van der Waals surface area contributed by atoms with Crippen LogP contribution in [0.4, 0.5) is 0 Å². The van der Waals surface area contributed by atoms with Crippen molar-refractivity contribution in [1.82, 2.24) is 0 Å². The molecule has 0 heterocycles. The summed E-state index contributed by atoms with van der Waals surface area (Å²) in [4.78, 5) is 0. The van der Waals surface area contributed by atoms with Gasteiger partial charge in [0.05, 0.1) is 6.10 Å². The molecule has 16 heavy (non-hydrogen) atoms. The number of hydrogen-bond donors (Lipinski definition) is 2. The van der Waals surface area contributed by atoms with Gasteiger partial charge in [-0.2, -0.15) is 0 Å². The maximum Gasteiger partial charge on any atom is 0.107 e. The fourth-order valence-corrected chi connectivity index (χ4v) is 2.18. The van der Waals surface area contributed by atoms with Gasteiger partial charge in [-0.25, -0.2) is 0 Å². The van der Waals surface area contributed by atoms with Crippen molar-refractivity contribution in [1.29, 1.82) is 0 Å². The molecule has 0 aliphatic carbocycles. The van der Waals surface area contributed by atoms with Crippen molar-refractivity contribution < 1.29 is 10.2 Å². The topological polar surface area (TPSA) is 40.5 Å². The molecule has 2 unspecified atom stereocenters. The van der Waals surface area contributed by atoms with Crippen molar-refractivity contribution in [3.8, 4) is 0 Å². The second-order valence-corrected chi connectivity index (χ2v) is 4.44. The summed E-state index contributed by atoms with van der Waals surface area (Å²) < 4.78 is 0. The van der Waals surface area contributed by atoms with E-state index in [0.717, 1.165) is 12.8 Å². The van der Waals surface area contributed by atoms with E-state index in [1.807, 2.05) is 26.0 Å². The molecule has 3 heteroatoms. The Morgan fingerprint density at radius 1 is 1.12 bits per heavy atom. The summed E-state index contributed by atoms with van der Waals surface area (Å²) in [5.74, 6) is 0.103. The van der Waals surface area contributed by atoms with Crippen LogP contribution in [-0.2, 0) is 0 Å². The zero-order valence-corrected chi connectivity index (χ0v) is 10.5. The molecule has 1 rings (SSSR count). The van der Waals surface area contributed by atoms with E-state index >= 15 is 0 Å². The fourth-order valence-electron chi connectivity index (χ4n) is 1.93. The summed E-state index contributed by atoms with van der Waals surface area (Å²) in [5, 5.41) is 20.6. The van der Waals surface area contributed by atoms with Crippen LogP contribution < -0.4 is 0 Å². The van der Waals surface area contributed by atoms with E-state index in [1.54, 1.807) is 12.1 Å². The average molecular weight is 243 g/mol. The maximum absolute atomic E-state index is 10.1. The third kappa shape index (κ3) is 2.97. The molecule has 0 aliphatic heterocycles. The molecule has 1 aromatic carbocycles. The van der Waals surface area contributed by atoms with Gasteiger partial charge in [-0.1, -0.05) is 56.5 Å². The molecule has 0 bridgehead atoms. The highest BCUT2D eigenvalue weighted by Crippen LogP contribution is 2.29. The largest absolute Gasteiger partial charge is 0.390 e. The highest BCUT2D eigenvalue weighted by molar-refractivity contribution is 6.31. The quantitative estimate of drug-likeness (QED) is 0.833. The van der Waals surface area contributed by atoms with E-state index in [4.69, 9.17) is 11.6 Å². The van der Waals surface area contributed by atoms with E-state index in [1.165, 1.54) is 0 Å². The standard InChI is InChI=1S/C13H19ClO2/c1-3-9(4-2)12(15)13(16)10-7-5-6-8-11(10)14/h5-9,12-13,15-16H,3-4H2,1-2H3. The van der Waals surface area contributed by atoms with Crippen molar-refractivity contribution in [2.45, 2.75) is 38.9 Å². The van der Waals surface area contributed by atoms with Gasteiger partial charge < -0.3 is 10.2 Å². The first-order chi connectivity index (χ1) is 7.61. The Morgan fingerprint density at radius 2 is 1.69 bits per heavy atom. The first-order valence-electron chi connectivity index (χ1n) is 5.72. The molecule has 0 saturated heterocycles. The molecule has 0 amide bonds. The summed E-state index contributed by atoms with van der Waals surface area (Å²) in [7, 11) is 0. The van der Waals surface area contributed by atoms with Gasteiger partial charge in [0.1, 0.15) is 6.10 Å². The van der Waals surface area contributed by atoms with E-state index in [-0.39, 0.29) is 5.92 Å². The van der Waals surface area contributed by atoms with Crippen LogP contribution in [0.25, 0.3) is 0 Å². The smallest absolute Gasteiger partial charge is 0.107 e. The normalized spacial score (nSPS) is 15.1. The molecule has 0 saturated carbocycles. The summed E-state index contributed by atoms with van der Waals surface area (Å²) >= 11 is 5.98. The molecular formula is C13H19ClO2. The minimum atomic E-state index is -0.904. The Balaban J connectivity index is 2.85. The monoisotopic (exact) mass is 242 g/mol. The minimum Gasteiger partial charge on any atom is -0.390 e. The summed E-state index contributed by atoms with van der Waals surface area (Å²) in [6.45, 7) is 4.02. The number of aliphatic hydroxyl groups excluding tert-OH is 2. The van der Waals surface area contributed by atoms with Crippen LogP contribution in [0, 0.1) is 5.92 Å². The first-order valence-corrected chi connectivity index (χ1v) is 6.10. The van der Waals surface area contributed by atoms with Gasteiger partial charge in [0, 0.05) is 10.6 Å². The van der Waals surface area contributed by atoms with E-state index in [2.05, 4.69) is 0 Å². The van der Waals surface area contributed by atoms with Crippen molar-refractivity contribution in [2.75, 3.05) is 0 Å². The van der Waals surface area contributed by atoms with Crippen molar-refractivity contribution in [2.24, 2.45) is 5.92 Å². The lowest BCUT2D eigenvalue weighted by Crippen LogP contribution is -2.27. The van der Waals surface area contributed by atoms with Crippen LogP contribution >= 0.6 is 11.6 Å². The zero-order valence-electron chi connectivity index (χ0n) is 9.73. The molecule has 0 fully saturated rings. The highest BCUT2D eigenvalue weighted by Gasteiger charge is 2.26. The third-order valence-corrected chi connectivity index (χ3v) is 3.42. The second-order valence-electron chi connectivity index (χ2n) is 4.03. The fraction of sp³-hybridized carbons (Fsp3) is 0.538. The zero-order chi connectivity index (χ0) is 12.1. The molecule has 2 nitrogen and oxygen atoms in total. The average Bonchev–Trinajstić information content (AvgIpc) is 2.30. The van der Waals surface area contributed by atoms with Crippen LogP contribution in [0.15, 0.2) is 24.3 Å². The molecule has 2 atom stereocenters. The van der Waals surface area contributed by atoms with Gasteiger partial charge in [-0.15, -0.1) is 0 Å². The summed E-state index contributed by atoms with van der Waals surface area (Å²) in [6.07, 6.45) is 0.0340. The Hall–Kier alpha value is -0.570. The van der Waals surface area contributed by atoms with Gasteiger partial charge in [-0.05, 0) is 12.0 Å². The summed E-state index contributed by atoms with van der Waals surface area (Å²) in [5.41, 5.74) is 0.601. The number of hydrogen-bond acceptors (Lipinski definition) is 2. The molecule has 1 aromatic rings. The minimum absolute atomic E-state index is 0.103. The van der Waals surface area contributed by atoms with Crippen LogP contribution in [0.2, 0.25) is 5.02 Å². The number of halogens is 1. The van der Waals surface area contributed by atoms with Gasteiger partial charge >= 0.3 is 0 Å². The number of benzene rings is 1. The van der Waals surface area contributed by atoms with Crippen LogP contribution in [0.1, 0.15) is 38.4 Å². The van der Waals surface area contributed by atoms with Gasteiger partial charge in [0.2, 0.25) is 0 Å². The Bertz CT molecular complexity index is 323. The van der Waals surface area contributed by atoms with Crippen LogP contribution in [0.3, 0.4) is 0 Å². The molecule has 90 valence electrons. The Labute approximate surface area is 102 Å². The van der Waals surface area contributed by atoms with E-state index < -0.39 is 12.2 Å². The molecule has 0 spiro atoms. The van der Waals surface area contributed by atoms with Crippen molar-refractivity contribution in [3.63, 3.8) is 0 Å². The Morgan fingerprint density at radius 3 is 2.19 bits per heavy atom. The van der Waals surface area contributed by atoms with Gasteiger partial charge in [0.25, 0.3) is 0 Å². The van der Waals surface area contributed by atoms with E-state index in [0.29, 0.717) is 10.6 Å². The van der Waals surface area contributed by atoms with Crippen molar-refractivity contribution in [3.05, 3.63) is 34.9 Å². The third-order valence-electron chi connectivity index (χ3n) is 3.08. The summed E-state index contributed by atoms with van der Waals surface area (Å²) in [6, 6.07) is 7.09. The maximum atomic E-state index is 10.1. The van der Waals surface area contributed by atoms with Crippen LogP contribution in [0.5, 0.6) is 0 Å². The van der Waals surface area contributed by atoms with Gasteiger partial charge in [0.15, 0.2) is 0 Å². The first kappa shape index (κ1) is 13.5. The Kier molecular flexibility index (Phi) is 5.26. The van der Waals surface area contributed by atoms with Crippen LogP contribution in [-0.4, -0.2) is 16.3 Å². The molecule has 0 radical (unpaired) electrons. The number of rotatable bonds is 5. The lowest BCUT2D eigenvalue weighted by atomic mass is 9.90. The van der Waals surface area contributed by atoms with Crippen molar-refractivity contribution >= 4 is 11.6 Å².